The van der Waals surface area contributed by atoms with E-state index in [1.54, 1.807) is 0 Å². The predicted molar refractivity (Wildman–Crippen MR) is 52.1 cm³/mol. The summed E-state index contributed by atoms with van der Waals surface area (Å²) in [4.78, 5) is 22.0. The summed E-state index contributed by atoms with van der Waals surface area (Å²) in [6.45, 7) is 1.38. The standard InChI is InChI=1S/C11H10F2O3/c1-6(11(15)16)4-10(14)7-2-3-8(12)9(13)5-7/h2-3,5-6H,4H2,1H3,(H,15,16)/t6-/m1/s1. The second-order valence-electron chi connectivity index (χ2n) is 3.50. The summed E-state index contributed by atoms with van der Waals surface area (Å²) in [6.07, 6.45) is -0.236. The minimum Gasteiger partial charge on any atom is -0.481 e. The van der Waals surface area contributed by atoms with E-state index in [1.165, 1.54) is 6.92 Å². The highest BCUT2D eigenvalue weighted by molar-refractivity contribution is 5.97. The van der Waals surface area contributed by atoms with Crippen LogP contribution in [0.25, 0.3) is 0 Å². The molecule has 0 unspecified atom stereocenters. The van der Waals surface area contributed by atoms with Crippen molar-refractivity contribution in [1.82, 2.24) is 0 Å². The molecule has 3 nitrogen and oxygen atoms in total. The molecular formula is C11H10F2O3. The summed E-state index contributed by atoms with van der Waals surface area (Å²) < 4.78 is 25.4. The number of carboxylic acid groups (broad SMARTS) is 1. The minimum absolute atomic E-state index is 0.0213. The molecule has 0 bridgehead atoms. The monoisotopic (exact) mass is 228 g/mol. The van der Waals surface area contributed by atoms with Crippen LogP contribution in [0, 0.1) is 17.6 Å². The number of hydrogen-bond donors (Lipinski definition) is 1. The van der Waals surface area contributed by atoms with Gasteiger partial charge in [-0.15, -0.1) is 0 Å². The van der Waals surface area contributed by atoms with Crippen LogP contribution in [0.2, 0.25) is 0 Å². The number of benzene rings is 1. The fourth-order valence-corrected chi connectivity index (χ4v) is 1.15. The van der Waals surface area contributed by atoms with E-state index in [9.17, 15) is 18.4 Å². The van der Waals surface area contributed by atoms with Crippen LogP contribution in [0.4, 0.5) is 8.78 Å². The molecule has 0 radical (unpaired) electrons. The molecule has 1 atom stereocenters. The minimum atomic E-state index is -1.12. The zero-order chi connectivity index (χ0) is 12.3. The van der Waals surface area contributed by atoms with Crippen molar-refractivity contribution in [2.24, 2.45) is 5.92 Å². The molecule has 0 spiro atoms. The lowest BCUT2D eigenvalue weighted by Gasteiger charge is -2.05. The first-order valence-electron chi connectivity index (χ1n) is 4.63. The number of carbonyl (C=O) groups excluding carboxylic acids is 1. The van der Waals surface area contributed by atoms with Crippen LogP contribution in [-0.4, -0.2) is 16.9 Å². The lowest BCUT2D eigenvalue weighted by Crippen LogP contribution is -2.14. The van der Waals surface area contributed by atoms with Gasteiger partial charge in [-0.05, 0) is 18.2 Å². The Hall–Kier alpha value is -1.78. The van der Waals surface area contributed by atoms with E-state index in [0.717, 1.165) is 18.2 Å². The van der Waals surface area contributed by atoms with Crippen molar-refractivity contribution in [1.29, 1.82) is 0 Å². The lowest BCUT2D eigenvalue weighted by atomic mass is 10.00. The topological polar surface area (TPSA) is 54.4 Å². The SMILES string of the molecule is C[C@H](CC(=O)c1ccc(F)c(F)c1)C(=O)O. The van der Waals surface area contributed by atoms with E-state index in [-0.39, 0.29) is 12.0 Å². The van der Waals surface area contributed by atoms with Crippen LogP contribution in [0.15, 0.2) is 18.2 Å². The third-order valence-corrected chi connectivity index (χ3v) is 2.15. The van der Waals surface area contributed by atoms with E-state index in [1.807, 2.05) is 0 Å². The number of ketones is 1. The number of Topliss-reactive ketones (excluding diaryl/α,β-unsaturated/α-hetero) is 1. The van der Waals surface area contributed by atoms with Gasteiger partial charge >= 0.3 is 5.97 Å². The third-order valence-electron chi connectivity index (χ3n) is 2.15. The summed E-state index contributed by atoms with van der Waals surface area (Å²) in [7, 11) is 0. The molecule has 0 fully saturated rings. The fourth-order valence-electron chi connectivity index (χ4n) is 1.15. The zero-order valence-electron chi connectivity index (χ0n) is 8.54. The highest BCUT2D eigenvalue weighted by atomic mass is 19.2. The van der Waals surface area contributed by atoms with Gasteiger partial charge in [0.2, 0.25) is 0 Å². The van der Waals surface area contributed by atoms with Crippen LogP contribution in [0.5, 0.6) is 0 Å². The Kier molecular flexibility index (Phi) is 3.71. The van der Waals surface area contributed by atoms with Gasteiger partial charge in [0.05, 0.1) is 5.92 Å². The van der Waals surface area contributed by atoms with E-state index in [4.69, 9.17) is 5.11 Å². The molecule has 1 N–H and O–H groups in total. The van der Waals surface area contributed by atoms with E-state index < -0.39 is 29.3 Å². The van der Waals surface area contributed by atoms with Crippen LogP contribution in [0.3, 0.4) is 0 Å². The van der Waals surface area contributed by atoms with Crippen molar-refractivity contribution < 1.29 is 23.5 Å². The molecule has 86 valence electrons. The Balaban J connectivity index is 2.81. The van der Waals surface area contributed by atoms with Gasteiger partial charge in [0.25, 0.3) is 0 Å². The molecule has 1 aromatic rings. The van der Waals surface area contributed by atoms with Crippen molar-refractivity contribution in [2.45, 2.75) is 13.3 Å². The van der Waals surface area contributed by atoms with Crippen molar-refractivity contribution in [3.63, 3.8) is 0 Å². The Morgan fingerprint density at radius 3 is 2.44 bits per heavy atom. The molecule has 0 heterocycles. The van der Waals surface area contributed by atoms with Crippen LogP contribution >= 0.6 is 0 Å². The molecule has 0 saturated carbocycles. The van der Waals surface area contributed by atoms with Crippen LogP contribution in [0.1, 0.15) is 23.7 Å². The summed E-state index contributed by atoms with van der Waals surface area (Å²) in [5.41, 5.74) is -0.0213. The number of aliphatic carboxylic acids is 1. The van der Waals surface area contributed by atoms with E-state index in [0.29, 0.717) is 0 Å². The summed E-state index contributed by atoms with van der Waals surface area (Å²) in [6, 6.07) is 2.75. The molecule has 0 saturated heterocycles. The summed E-state index contributed by atoms with van der Waals surface area (Å²) >= 11 is 0. The molecule has 0 aromatic heterocycles. The maximum atomic E-state index is 12.8. The van der Waals surface area contributed by atoms with Crippen molar-refractivity contribution >= 4 is 11.8 Å². The quantitative estimate of drug-likeness (QED) is 0.804. The van der Waals surface area contributed by atoms with Gasteiger partial charge in [0.1, 0.15) is 0 Å². The highest BCUT2D eigenvalue weighted by Crippen LogP contribution is 2.13. The predicted octanol–water partition coefficient (Wildman–Crippen LogP) is 2.26. The van der Waals surface area contributed by atoms with Gasteiger partial charge in [0.15, 0.2) is 17.4 Å². The smallest absolute Gasteiger partial charge is 0.306 e. The molecule has 5 heteroatoms. The fraction of sp³-hybridized carbons (Fsp3) is 0.273. The molecule has 1 rings (SSSR count). The third kappa shape index (κ3) is 2.85. The summed E-state index contributed by atoms with van der Waals surface area (Å²) in [5.74, 6) is -4.62. The van der Waals surface area contributed by atoms with Gasteiger partial charge < -0.3 is 5.11 Å². The second kappa shape index (κ2) is 4.83. The average molecular weight is 228 g/mol. The maximum absolute atomic E-state index is 12.8. The molecule has 0 aliphatic carbocycles. The van der Waals surface area contributed by atoms with Gasteiger partial charge in [-0.2, -0.15) is 0 Å². The van der Waals surface area contributed by atoms with Crippen molar-refractivity contribution in [2.75, 3.05) is 0 Å². The molecule has 0 amide bonds. The molecule has 1 aromatic carbocycles. The van der Waals surface area contributed by atoms with Gasteiger partial charge in [-0.25, -0.2) is 8.78 Å². The van der Waals surface area contributed by atoms with Gasteiger partial charge in [-0.1, -0.05) is 6.92 Å². The van der Waals surface area contributed by atoms with Crippen molar-refractivity contribution in [3.05, 3.63) is 35.4 Å². The number of carbonyl (C=O) groups is 2. The van der Waals surface area contributed by atoms with E-state index in [2.05, 4.69) is 0 Å². The Bertz CT molecular complexity index is 429. The molecular weight excluding hydrogens is 218 g/mol. The van der Waals surface area contributed by atoms with E-state index >= 15 is 0 Å². The number of hydrogen-bond acceptors (Lipinski definition) is 2. The largest absolute Gasteiger partial charge is 0.481 e. The van der Waals surface area contributed by atoms with Crippen molar-refractivity contribution in [3.8, 4) is 0 Å². The zero-order valence-corrected chi connectivity index (χ0v) is 8.54. The molecule has 16 heavy (non-hydrogen) atoms. The first-order chi connectivity index (χ1) is 7.41. The first kappa shape index (κ1) is 12.3. The van der Waals surface area contributed by atoms with Crippen LogP contribution < -0.4 is 0 Å². The van der Waals surface area contributed by atoms with Gasteiger partial charge in [-0.3, -0.25) is 9.59 Å². The number of halogens is 2. The maximum Gasteiger partial charge on any atom is 0.306 e. The number of rotatable bonds is 4. The second-order valence-corrected chi connectivity index (χ2v) is 3.50. The molecule has 0 aliphatic rings. The lowest BCUT2D eigenvalue weighted by molar-refractivity contribution is -0.141. The highest BCUT2D eigenvalue weighted by Gasteiger charge is 2.17. The number of carboxylic acids is 1. The summed E-state index contributed by atoms with van der Waals surface area (Å²) in [5, 5.41) is 8.59. The van der Waals surface area contributed by atoms with Gasteiger partial charge in [0, 0.05) is 12.0 Å². The average Bonchev–Trinajstić information content (AvgIpc) is 2.21. The Morgan fingerprint density at radius 1 is 1.31 bits per heavy atom. The molecule has 0 aliphatic heterocycles. The normalized spacial score (nSPS) is 12.2. The van der Waals surface area contributed by atoms with Crippen LogP contribution in [-0.2, 0) is 4.79 Å². The first-order valence-corrected chi connectivity index (χ1v) is 4.63. The Labute approximate surface area is 90.7 Å². The Morgan fingerprint density at radius 2 is 1.94 bits per heavy atom.